The standard InChI is InChI=1S/C14H17F3N4O2/c1-3-20(4-2)7-8-21-6-5-10(9-11(21)22)12-18-13(23-19-12)14(15,16)17/h5-6,9H,3-4,7-8H2,1-2H3. The van der Waals surface area contributed by atoms with Crippen LogP contribution < -0.4 is 5.56 Å². The summed E-state index contributed by atoms with van der Waals surface area (Å²) in [4.78, 5) is 17.5. The van der Waals surface area contributed by atoms with E-state index < -0.39 is 12.1 Å². The fourth-order valence-electron chi connectivity index (χ4n) is 2.08. The van der Waals surface area contributed by atoms with E-state index in [1.807, 2.05) is 13.8 Å². The summed E-state index contributed by atoms with van der Waals surface area (Å²) in [7, 11) is 0. The molecule has 0 aliphatic carbocycles. The lowest BCUT2D eigenvalue weighted by atomic mass is 10.2. The highest BCUT2D eigenvalue weighted by Crippen LogP contribution is 2.28. The molecule has 0 saturated heterocycles. The zero-order valence-electron chi connectivity index (χ0n) is 12.8. The van der Waals surface area contributed by atoms with Crippen molar-refractivity contribution in [3.8, 4) is 11.4 Å². The van der Waals surface area contributed by atoms with Gasteiger partial charge in [0.25, 0.3) is 5.56 Å². The van der Waals surface area contributed by atoms with Crippen molar-refractivity contribution in [1.82, 2.24) is 19.6 Å². The first kappa shape index (κ1) is 17.2. The van der Waals surface area contributed by atoms with Crippen molar-refractivity contribution >= 4 is 0 Å². The number of nitrogens with zero attached hydrogens (tertiary/aromatic N) is 4. The van der Waals surface area contributed by atoms with E-state index >= 15 is 0 Å². The lowest BCUT2D eigenvalue weighted by molar-refractivity contribution is -0.159. The van der Waals surface area contributed by atoms with Crippen molar-refractivity contribution < 1.29 is 17.7 Å². The fraction of sp³-hybridized carbons (Fsp3) is 0.500. The number of halogens is 3. The molecule has 0 aliphatic rings. The Morgan fingerprint density at radius 2 is 2.00 bits per heavy atom. The van der Waals surface area contributed by atoms with Crippen LogP contribution >= 0.6 is 0 Å². The van der Waals surface area contributed by atoms with Gasteiger partial charge in [-0.05, 0) is 19.2 Å². The maximum atomic E-state index is 12.4. The second-order valence-corrected chi connectivity index (χ2v) is 4.89. The van der Waals surface area contributed by atoms with Gasteiger partial charge in [0.05, 0.1) is 0 Å². The summed E-state index contributed by atoms with van der Waals surface area (Å²) in [5.74, 6) is -1.69. The van der Waals surface area contributed by atoms with Crippen LogP contribution in [-0.2, 0) is 12.7 Å². The number of likely N-dealkylation sites (N-methyl/N-ethyl adjacent to an activating group) is 1. The molecule has 0 saturated carbocycles. The Labute approximate surface area is 130 Å². The number of pyridine rings is 1. The normalized spacial score (nSPS) is 12.1. The summed E-state index contributed by atoms with van der Waals surface area (Å²) in [6, 6.07) is 2.70. The molecule has 0 unspecified atom stereocenters. The summed E-state index contributed by atoms with van der Waals surface area (Å²) < 4.78 is 43.0. The van der Waals surface area contributed by atoms with Crippen molar-refractivity contribution in [2.45, 2.75) is 26.6 Å². The highest BCUT2D eigenvalue weighted by atomic mass is 19.4. The van der Waals surface area contributed by atoms with Gasteiger partial charge in [-0.15, -0.1) is 0 Å². The zero-order chi connectivity index (χ0) is 17.0. The van der Waals surface area contributed by atoms with Crippen LogP contribution in [0, 0.1) is 0 Å². The van der Waals surface area contributed by atoms with E-state index in [1.165, 1.54) is 22.9 Å². The first-order chi connectivity index (χ1) is 10.8. The first-order valence-corrected chi connectivity index (χ1v) is 7.19. The monoisotopic (exact) mass is 330 g/mol. The van der Waals surface area contributed by atoms with E-state index in [1.54, 1.807) is 0 Å². The van der Waals surface area contributed by atoms with Crippen molar-refractivity contribution in [1.29, 1.82) is 0 Å². The Balaban J connectivity index is 2.16. The molecule has 0 fully saturated rings. The topological polar surface area (TPSA) is 64.2 Å². The minimum absolute atomic E-state index is 0.188. The molecule has 2 heterocycles. The minimum Gasteiger partial charge on any atom is -0.329 e. The van der Waals surface area contributed by atoms with Crippen LogP contribution in [-0.4, -0.2) is 39.2 Å². The third-order valence-electron chi connectivity index (χ3n) is 3.47. The molecule has 0 bridgehead atoms. The summed E-state index contributed by atoms with van der Waals surface area (Å²) in [5, 5.41) is 3.26. The fourth-order valence-corrected chi connectivity index (χ4v) is 2.08. The van der Waals surface area contributed by atoms with E-state index in [9.17, 15) is 18.0 Å². The van der Waals surface area contributed by atoms with Crippen LogP contribution in [0.25, 0.3) is 11.4 Å². The second-order valence-electron chi connectivity index (χ2n) is 4.89. The van der Waals surface area contributed by atoms with Crippen LogP contribution in [0.5, 0.6) is 0 Å². The van der Waals surface area contributed by atoms with Crippen LogP contribution in [0.2, 0.25) is 0 Å². The Morgan fingerprint density at radius 3 is 2.52 bits per heavy atom. The number of rotatable bonds is 6. The second kappa shape index (κ2) is 6.95. The Kier molecular flexibility index (Phi) is 5.19. The number of hydrogen-bond donors (Lipinski definition) is 0. The van der Waals surface area contributed by atoms with E-state index in [2.05, 4.69) is 19.6 Å². The van der Waals surface area contributed by atoms with Crippen LogP contribution in [0.4, 0.5) is 13.2 Å². The van der Waals surface area contributed by atoms with E-state index in [-0.39, 0.29) is 16.9 Å². The number of aromatic nitrogens is 3. The summed E-state index contributed by atoms with van der Waals surface area (Å²) >= 11 is 0. The van der Waals surface area contributed by atoms with Gasteiger partial charge in [0.15, 0.2) is 0 Å². The molecule has 2 aromatic rings. The Bertz CT molecular complexity index is 705. The van der Waals surface area contributed by atoms with Crippen molar-refractivity contribution in [2.75, 3.05) is 19.6 Å². The van der Waals surface area contributed by atoms with Crippen LogP contribution in [0.1, 0.15) is 19.7 Å². The summed E-state index contributed by atoms with van der Waals surface area (Å²) in [6.45, 7) is 7.04. The molecular formula is C14H17F3N4O2. The maximum absolute atomic E-state index is 12.4. The molecule has 0 aromatic carbocycles. The average Bonchev–Trinajstić information content (AvgIpc) is 2.99. The van der Waals surface area contributed by atoms with Gasteiger partial charge in [0.2, 0.25) is 5.82 Å². The highest BCUT2D eigenvalue weighted by Gasteiger charge is 2.38. The van der Waals surface area contributed by atoms with Crippen molar-refractivity contribution in [3.05, 3.63) is 34.6 Å². The Morgan fingerprint density at radius 1 is 1.30 bits per heavy atom. The maximum Gasteiger partial charge on any atom is 0.471 e. The van der Waals surface area contributed by atoms with Gasteiger partial charge in [-0.1, -0.05) is 19.0 Å². The average molecular weight is 330 g/mol. The molecule has 6 nitrogen and oxygen atoms in total. The molecule has 0 aliphatic heterocycles. The van der Waals surface area contributed by atoms with Gasteiger partial charge in [-0.25, -0.2) is 0 Å². The molecule has 0 spiro atoms. The van der Waals surface area contributed by atoms with Gasteiger partial charge >= 0.3 is 12.1 Å². The molecule has 0 amide bonds. The first-order valence-electron chi connectivity index (χ1n) is 7.19. The predicted molar refractivity (Wildman–Crippen MR) is 76.8 cm³/mol. The molecular weight excluding hydrogens is 313 g/mol. The molecule has 0 radical (unpaired) electrons. The number of hydrogen-bond acceptors (Lipinski definition) is 5. The minimum atomic E-state index is -4.70. The van der Waals surface area contributed by atoms with Gasteiger partial charge in [-0.2, -0.15) is 18.2 Å². The molecule has 2 rings (SSSR count). The van der Waals surface area contributed by atoms with Gasteiger partial charge in [0, 0.05) is 30.9 Å². The lowest BCUT2D eigenvalue weighted by Crippen LogP contribution is -2.30. The molecule has 0 N–H and O–H groups in total. The zero-order valence-corrected chi connectivity index (χ0v) is 12.8. The van der Waals surface area contributed by atoms with Gasteiger partial charge < -0.3 is 14.0 Å². The SMILES string of the molecule is CCN(CC)CCn1ccc(-c2noc(C(F)(F)F)n2)cc1=O. The van der Waals surface area contributed by atoms with E-state index in [0.29, 0.717) is 13.1 Å². The molecule has 9 heteroatoms. The van der Waals surface area contributed by atoms with E-state index in [0.717, 1.165) is 13.1 Å². The van der Waals surface area contributed by atoms with Crippen LogP contribution in [0.15, 0.2) is 27.6 Å². The van der Waals surface area contributed by atoms with Gasteiger partial charge in [0.1, 0.15) is 0 Å². The van der Waals surface area contributed by atoms with Crippen molar-refractivity contribution in [3.63, 3.8) is 0 Å². The molecule has 0 atom stereocenters. The predicted octanol–water partition coefficient (Wildman–Crippen LogP) is 2.26. The molecule has 2 aromatic heterocycles. The largest absolute Gasteiger partial charge is 0.471 e. The third kappa shape index (κ3) is 4.19. The quantitative estimate of drug-likeness (QED) is 0.813. The summed E-state index contributed by atoms with van der Waals surface area (Å²) in [5.41, 5.74) is -0.138. The van der Waals surface area contributed by atoms with Crippen LogP contribution in [0.3, 0.4) is 0 Å². The summed E-state index contributed by atoms with van der Waals surface area (Å²) in [6.07, 6.45) is -3.19. The van der Waals surface area contributed by atoms with E-state index in [4.69, 9.17) is 0 Å². The van der Waals surface area contributed by atoms with Gasteiger partial charge in [-0.3, -0.25) is 4.79 Å². The molecule has 23 heavy (non-hydrogen) atoms. The number of alkyl halides is 3. The smallest absolute Gasteiger partial charge is 0.329 e. The molecule has 126 valence electrons. The Hall–Kier alpha value is -2.16. The lowest BCUT2D eigenvalue weighted by Gasteiger charge is -2.18. The van der Waals surface area contributed by atoms with Crippen molar-refractivity contribution in [2.24, 2.45) is 0 Å². The highest BCUT2D eigenvalue weighted by molar-refractivity contribution is 5.52. The third-order valence-corrected chi connectivity index (χ3v) is 3.47.